The first-order valence-corrected chi connectivity index (χ1v) is 7.75. The molecule has 2 rings (SSSR count). The molecule has 0 saturated heterocycles. The van der Waals surface area contributed by atoms with E-state index in [4.69, 9.17) is 0 Å². The van der Waals surface area contributed by atoms with Crippen molar-refractivity contribution in [3.8, 4) is 0 Å². The molecule has 0 radical (unpaired) electrons. The fourth-order valence-corrected chi connectivity index (χ4v) is 2.67. The molecule has 0 spiro atoms. The maximum atomic E-state index is 12.5. The van der Waals surface area contributed by atoms with Gasteiger partial charge in [0.15, 0.2) is 5.78 Å². The Morgan fingerprint density at radius 3 is 2.71 bits per heavy atom. The molecule has 21 heavy (non-hydrogen) atoms. The minimum atomic E-state index is 0.106. The molecular formula is C16H20BrN3O. The molecule has 0 fully saturated rings. The van der Waals surface area contributed by atoms with Gasteiger partial charge in [0.05, 0.1) is 22.3 Å². The number of nitrogens with zero attached hydrogens (tertiary/aromatic N) is 3. The number of carbonyl (C=O) groups is 1. The Kier molecular flexibility index (Phi) is 4.83. The number of aryl methyl sites for hydroxylation is 2. The highest BCUT2D eigenvalue weighted by Gasteiger charge is 2.17. The molecule has 0 saturated carbocycles. The quantitative estimate of drug-likeness (QED) is 0.775. The van der Waals surface area contributed by atoms with Gasteiger partial charge in [-0.1, -0.05) is 12.1 Å². The zero-order chi connectivity index (χ0) is 15.6. The number of carbonyl (C=O) groups excluding carboxylic acids is 1. The van der Waals surface area contributed by atoms with Crippen LogP contribution in [0.1, 0.15) is 28.7 Å². The molecule has 0 unspecified atom stereocenters. The molecular weight excluding hydrogens is 330 g/mol. The van der Waals surface area contributed by atoms with E-state index in [2.05, 4.69) is 21.0 Å². The van der Waals surface area contributed by atoms with Crippen molar-refractivity contribution in [2.75, 3.05) is 19.0 Å². The number of ketones is 1. The van der Waals surface area contributed by atoms with Gasteiger partial charge in [-0.05, 0) is 41.9 Å². The number of Topliss-reactive ketones (excluding diaryl/α,β-unsaturated/α-hetero) is 1. The molecule has 112 valence electrons. The standard InChI is InChI=1S/C16H20BrN3O/c1-5-20-14(16(17)11(2)18-20)10-15(21)12-7-6-8-13(9-12)19(3)4/h6-9H,5,10H2,1-4H3. The van der Waals surface area contributed by atoms with Crippen LogP contribution in [0.15, 0.2) is 28.7 Å². The van der Waals surface area contributed by atoms with E-state index in [-0.39, 0.29) is 5.78 Å². The van der Waals surface area contributed by atoms with E-state index in [9.17, 15) is 4.79 Å². The molecule has 0 aliphatic carbocycles. The Hall–Kier alpha value is -1.62. The molecule has 1 aromatic carbocycles. The predicted molar refractivity (Wildman–Crippen MR) is 89.1 cm³/mol. The number of benzene rings is 1. The Balaban J connectivity index is 2.28. The second kappa shape index (κ2) is 6.43. The monoisotopic (exact) mass is 349 g/mol. The van der Waals surface area contributed by atoms with Crippen molar-refractivity contribution in [1.82, 2.24) is 9.78 Å². The lowest BCUT2D eigenvalue weighted by Crippen LogP contribution is -2.12. The van der Waals surface area contributed by atoms with E-state index in [0.29, 0.717) is 6.42 Å². The molecule has 0 N–H and O–H groups in total. The lowest BCUT2D eigenvalue weighted by molar-refractivity contribution is 0.0990. The molecule has 0 bridgehead atoms. The van der Waals surface area contributed by atoms with Gasteiger partial charge in [0.25, 0.3) is 0 Å². The maximum absolute atomic E-state index is 12.5. The van der Waals surface area contributed by atoms with Crippen LogP contribution in [0.4, 0.5) is 5.69 Å². The molecule has 0 aliphatic heterocycles. The van der Waals surface area contributed by atoms with Gasteiger partial charge in [0.1, 0.15) is 0 Å². The highest BCUT2D eigenvalue weighted by molar-refractivity contribution is 9.10. The Morgan fingerprint density at radius 2 is 2.10 bits per heavy atom. The Morgan fingerprint density at radius 1 is 1.38 bits per heavy atom. The summed E-state index contributed by atoms with van der Waals surface area (Å²) in [5, 5.41) is 4.43. The predicted octanol–water partition coefficient (Wildman–Crippen LogP) is 3.47. The van der Waals surface area contributed by atoms with E-state index in [0.717, 1.165) is 33.7 Å². The van der Waals surface area contributed by atoms with Gasteiger partial charge < -0.3 is 4.90 Å². The third kappa shape index (κ3) is 3.35. The molecule has 1 heterocycles. The van der Waals surface area contributed by atoms with Gasteiger partial charge in [0, 0.05) is 31.9 Å². The smallest absolute Gasteiger partial charge is 0.168 e. The number of hydrogen-bond donors (Lipinski definition) is 0. The van der Waals surface area contributed by atoms with Crippen molar-refractivity contribution in [3.63, 3.8) is 0 Å². The van der Waals surface area contributed by atoms with E-state index in [1.165, 1.54) is 0 Å². The van der Waals surface area contributed by atoms with Gasteiger partial charge in [-0.3, -0.25) is 9.48 Å². The van der Waals surface area contributed by atoms with Gasteiger partial charge in [0.2, 0.25) is 0 Å². The van der Waals surface area contributed by atoms with E-state index >= 15 is 0 Å². The largest absolute Gasteiger partial charge is 0.378 e. The summed E-state index contributed by atoms with van der Waals surface area (Å²) in [6.07, 6.45) is 0.353. The topological polar surface area (TPSA) is 38.1 Å². The summed E-state index contributed by atoms with van der Waals surface area (Å²) < 4.78 is 2.81. The van der Waals surface area contributed by atoms with Gasteiger partial charge in [-0.25, -0.2) is 0 Å². The molecule has 2 aromatic rings. The van der Waals surface area contributed by atoms with Crippen LogP contribution in [0, 0.1) is 6.92 Å². The first kappa shape index (κ1) is 15.8. The number of halogens is 1. The first-order chi connectivity index (χ1) is 9.93. The lowest BCUT2D eigenvalue weighted by atomic mass is 10.1. The van der Waals surface area contributed by atoms with E-state index in [1.807, 2.05) is 61.8 Å². The van der Waals surface area contributed by atoms with Crippen LogP contribution in [-0.2, 0) is 13.0 Å². The minimum absolute atomic E-state index is 0.106. The van der Waals surface area contributed by atoms with Crippen LogP contribution >= 0.6 is 15.9 Å². The zero-order valence-corrected chi connectivity index (χ0v) is 14.4. The highest BCUT2D eigenvalue weighted by Crippen LogP contribution is 2.23. The van der Waals surface area contributed by atoms with E-state index < -0.39 is 0 Å². The zero-order valence-electron chi connectivity index (χ0n) is 12.9. The third-order valence-electron chi connectivity index (χ3n) is 3.47. The Labute approximate surface area is 133 Å². The number of anilines is 1. The summed E-state index contributed by atoms with van der Waals surface area (Å²) >= 11 is 3.54. The normalized spacial score (nSPS) is 10.7. The molecule has 4 nitrogen and oxygen atoms in total. The Bertz CT molecular complexity index is 662. The van der Waals surface area contributed by atoms with Crippen LogP contribution in [0.2, 0.25) is 0 Å². The summed E-state index contributed by atoms with van der Waals surface area (Å²) in [7, 11) is 3.94. The van der Waals surface area contributed by atoms with Crippen LogP contribution in [-0.4, -0.2) is 29.7 Å². The highest BCUT2D eigenvalue weighted by atomic mass is 79.9. The average molecular weight is 350 g/mol. The molecule has 0 aliphatic rings. The number of hydrogen-bond acceptors (Lipinski definition) is 3. The third-order valence-corrected chi connectivity index (χ3v) is 4.50. The van der Waals surface area contributed by atoms with Crippen LogP contribution < -0.4 is 4.90 Å². The maximum Gasteiger partial charge on any atom is 0.168 e. The van der Waals surface area contributed by atoms with Crippen molar-refractivity contribution in [2.24, 2.45) is 0 Å². The van der Waals surface area contributed by atoms with Crippen molar-refractivity contribution in [2.45, 2.75) is 26.8 Å². The van der Waals surface area contributed by atoms with Crippen LogP contribution in [0.5, 0.6) is 0 Å². The minimum Gasteiger partial charge on any atom is -0.378 e. The molecule has 0 atom stereocenters. The lowest BCUT2D eigenvalue weighted by Gasteiger charge is -2.13. The number of rotatable bonds is 5. The summed E-state index contributed by atoms with van der Waals surface area (Å²) in [5.41, 5.74) is 3.62. The van der Waals surface area contributed by atoms with Crippen molar-refractivity contribution < 1.29 is 4.79 Å². The van der Waals surface area contributed by atoms with Crippen LogP contribution in [0.3, 0.4) is 0 Å². The molecule has 5 heteroatoms. The fourth-order valence-electron chi connectivity index (χ4n) is 2.25. The van der Waals surface area contributed by atoms with Crippen molar-refractivity contribution >= 4 is 27.4 Å². The summed E-state index contributed by atoms with van der Waals surface area (Å²) in [5.74, 6) is 0.106. The van der Waals surface area contributed by atoms with Gasteiger partial charge in [-0.2, -0.15) is 5.10 Å². The van der Waals surface area contributed by atoms with Crippen molar-refractivity contribution in [1.29, 1.82) is 0 Å². The second-order valence-corrected chi connectivity index (χ2v) is 6.00. The molecule has 1 aromatic heterocycles. The summed E-state index contributed by atoms with van der Waals surface area (Å²) in [4.78, 5) is 14.5. The summed E-state index contributed by atoms with van der Waals surface area (Å²) in [6.45, 7) is 4.73. The molecule has 0 amide bonds. The van der Waals surface area contributed by atoms with Gasteiger partial charge >= 0.3 is 0 Å². The first-order valence-electron chi connectivity index (χ1n) is 6.96. The van der Waals surface area contributed by atoms with E-state index in [1.54, 1.807) is 0 Å². The fraction of sp³-hybridized carbons (Fsp3) is 0.375. The SMILES string of the molecule is CCn1nc(C)c(Br)c1CC(=O)c1cccc(N(C)C)c1. The summed E-state index contributed by atoms with van der Waals surface area (Å²) in [6, 6.07) is 7.70. The van der Waals surface area contributed by atoms with Crippen LogP contribution in [0.25, 0.3) is 0 Å². The van der Waals surface area contributed by atoms with Crippen molar-refractivity contribution in [3.05, 3.63) is 45.7 Å². The number of aromatic nitrogens is 2. The van der Waals surface area contributed by atoms with Gasteiger partial charge in [-0.15, -0.1) is 0 Å². The average Bonchev–Trinajstić information content (AvgIpc) is 2.75. The second-order valence-electron chi connectivity index (χ2n) is 5.21.